The minimum atomic E-state index is -4.23. The van der Waals surface area contributed by atoms with Crippen molar-refractivity contribution in [1.82, 2.24) is 20.5 Å². The summed E-state index contributed by atoms with van der Waals surface area (Å²) in [5, 5.41) is 11.0. The lowest BCUT2D eigenvalue weighted by molar-refractivity contribution is -0.332. The van der Waals surface area contributed by atoms with Gasteiger partial charge in [-0.1, -0.05) is 41.2 Å². The third-order valence-electron chi connectivity index (χ3n) is 6.06. The topological polar surface area (TPSA) is 95.5 Å². The van der Waals surface area contributed by atoms with Gasteiger partial charge in [-0.3, -0.25) is 4.79 Å². The molecule has 1 N–H and O–H groups in total. The molecule has 3 aliphatic rings. The number of fused-ring (bicyclic) bond motifs is 2. The van der Waals surface area contributed by atoms with Crippen molar-refractivity contribution in [3.8, 4) is 11.4 Å². The minimum absolute atomic E-state index is 0.0112. The average Bonchev–Trinajstić information content (AvgIpc) is 3.42. The highest BCUT2D eigenvalue weighted by molar-refractivity contribution is 6.22. The molecule has 0 saturated carbocycles. The van der Waals surface area contributed by atoms with E-state index in [2.05, 4.69) is 30.5 Å². The van der Waals surface area contributed by atoms with Crippen molar-refractivity contribution < 1.29 is 22.5 Å². The third kappa shape index (κ3) is 4.13. The van der Waals surface area contributed by atoms with Gasteiger partial charge in [0.15, 0.2) is 11.5 Å². The van der Waals surface area contributed by atoms with Crippen LogP contribution in [-0.4, -0.2) is 50.2 Å². The lowest BCUT2D eigenvalue weighted by atomic mass is 9.89. The van der Waals surface area contributed by atoms with Gasteiger partial charge >= 0.3 is 12.1 Å². The first-order valence-corrected chi connectivity index (χ1v) is 11.0. The van der Waals surface area contributed by atoms with E-state index in [0.717, 1.165) is 5.56 Å². The second-order valence-electron chi connectivity index (χ2n) is 8.25. The van der Waals surface area contributed by atoms with E-state index in [9.17, 15) is 18.0 Å². The fraction of sp³-hybridized carbons (Fsp3) is 0.348. The highest BCUT2D eigenvalue weighted by Gasteiger charge is 2.42. The number of allylic oxidation sites excluding steroid dienone is 1. The van der Waals surface area contributed by atoms with Gasteiger partial charge in [0, 0.05) is 24.9 Å². The molecule has 1 aliphatic carbocycles. The van der Waals surface area contributed by atoms with Crippen LogP contribution in [0.4, 0.5) is 13.2 Å². The summed E-state index contributed by atoms with van der Waals surface area (Å²) in [7, 11) is 0. The summed E-state index contributed by atoms with van der Waals surface area (Å²) in [4.78, 5) is 25.7. The van der Waals surface area contributed by atoms with E-state index in [-0.39, 0.29) is 25.2 Å². The van der Waals surface area contributed by atoms with Gasteiger partial charge in [-0.25, -0.2) is 4.98 Å². The van der Waals surface area contributed by atoms with Crippen molar-refractivity contribution in [3.05, 3.63) is 52.6 Å². The van der Waals surface area contributed by atoms with E-state index in [1.54, 1.807) is 17.0 Å². The van der Waals surface area contributed by atoms with E-state index >= 15 is 0 Å². The quantitative estimate of drug-likeness (QED) is 0.683. The smallest absolute Gasteiger partial charge is 0.345 e. The summed E-state index contributed by atoms with van der Waals surface area (Å²) >= 11 is 0. The number of aliphatic imine (C=N–C) groups is 2. The summed E-state index contributed by atoms with van der Waals surface area (Å²) < 4.78 is 40.7. The largest absolute Gasteiger partial charge is 0.438 e. The number of carbonyl (C=O) groups is 1. The van der Waals surface area contributed by atoms with Crippen molar-refractivity contribution in [1.29, 1.82) is 0 Å². The standard InChI is InChI=1S/C23H20F3N7O/c1-2-16-19(33-10-9-27-22(33)30-16)21(34)28-12-13-3-5-14(6-4-13)20-29-17-8-7-15(23(24,25)26)11-18(17)31-32-20/h3-6,9-10,15H,2,7-8,11-12H2,1H3/p+1. The van der Waals surface area contributed by atoms with Crippen molar-refractivity contribution >= 4 is 24.3 Å². The summed E-state index contributed by atoms with van der Waals surface area (Å²) in [6.45, 7) is 2.25. The van der Waals surface area contributed by atoms with E-state index in [1.165, 1.54) is 0 Å². The molecule has 1 aromatic carbocycles. The first-order valence-electron chi connectivity index (χ1n) is 11.0. The fourth-order valence-electron chi connectivity index (χ4n) is 4.18. The Labute approximate surface area is 193 Å². The van der Waals surface area contributed by atoms with Crippen LogP contribution in [-0.2, 0) is 24.2 Å². The Bertz CT molecular complexity index is 1280. The van der Waals surface area contributed by atoms with E-state index in [1.807, 2.05) is 31.2 Å². The zero-order valence-electron chi connectivity index (χ0n) is 18.3. The van der Waals surface area contributed by atoms with E-state index in [0.29, 0.717) is 53.1 Å². The molecule has 1 unspecified atom stereocenters. The van der Waals surface area contributed by atoms with Gasteiger partial charge in [-0.2, -0.15) is 22.8 Å². The molecule has 0 radical (unpaired) electrons. The summed E-state index contributed by atoms with van der Waals surface area (Å²) in [5.74, 6) is -0.753. The predicted molar refractivity (Wildman–Crippen MR) is 118 cm³/mol. The van der Waals surface area contributed by atoms with E-state index < -0.39 is 12.1 Å². The fourth-order valence-corrected chi connectivity index (χ4v) is 4.18. The number of hydrogen-bond donors (Lipinski definition) is 1. The highest BCUT2D eigenvalue weighted by atomic mass is 19.4. The molecule has 1 amide bonds. The Morgan fingerprint density at radius 1 is 1.18 bits per heavy atom. The lowest BCUT2D eigenvalue weighted by Crippen LogP contribution is -2.30. The number of guanidine groups is 1. The zero-order chi connectivity index (χ0) is 23.9. The van der Waals surface area contributed by atoms with Gasteiger partial charge in [0.25, 0.3) is 5.91 Å². The van der Waals surface area contributed by atoms with Crippen molar-refractivity contribution in [2.45, 2.75) is 45.3 Å². The summed E-state index contributed by atoms with van der Waals surface area (Å²) in [6.07, 6.45) is -0.242. The second-order valence-corrected chi connectivity index (χ2v) is 8.25. The third-order valence-corrected chi connectivity index (χ3v) is 6.06. The SMILES string of the molecule is CCC1=C(C(=O)NCc2ccc(-c3nnc4c(n3)CCC(C(F)(F)F)C4)cc2)[N+]2=CC=NC2=N1. The number of hydrogen-bond acceptors (Lipinski definition) is 6. The Morgan fingerprint density at radius 2 is 1.97 bits per heavy atom. The Morgan fingerprint density at radius 3 is 2.71 bits per heavy atom. The molecule has 34 heavy (non-hydrogen) atoms. The molecule has 174 valence electrons. The minimum Gasteiger partial charge on any atom is -0.345 e. The number of nitrogens with one attached hydrogen (secondary N) is 1. The summed E-state index contributed by atoms with van der Waals surface area (Å²) in [5.41, 5.74) is 3.63. The van der Waals surface area contributed by atoms with Crippen LogP contribution in [0.25, 0.3) is 11.4 Å². The number of benzene rings is 1. The molecule has 1 atom stereocenters. The van der Waals surface area contributed by atoms with Crippen LogP contribution < -0.4 is 5.32 Å². The van der Waals surface area contributed by atoms with Crippen molar-refractivity contribution in [2.75, 3.05) is 0 Å². The molecule has 0 saturated heterocycles. The Balaban J connectivity index is 1.24. The lowest BCUT2D eigenvalue weighted by Gasteiger charge is -2.24. The molecule has 2 aliphatic heterocycles. The zero-order valence-corrected chi connectivity index (χ0v) is 18.3. The monoisotopic (exact) mass is 468 g/mol. The number of alkyl halides is 3. The van der Waals surface area contributed by atoms with Crippen LogP contribution in [0, 0.1) is 5.92 Å². The van der Waals surface area contributed by atoms with Gasteiger partial charge in [0.05, 0.1) is 17.3 Å². The average molecular weight is 468 g/mol. The van der Waals surface area contributed by atoms with Gasteiger partial charge in [0.2, 0.25) is 5.70 Å². The number of rotatable bonds is 5. The van der Waals surface area contributed by atoms with Crippen molar-refractivity contribution in [2.24, 2.45) is 15.9 Å². The Kier molecular flexibility index (Phi) is 5.54. The molecule has 3 heterocycles. The second kappa shape index (κ2) is 8.54. The maximum absolute atomic E-state index is 13.0. The van der Waals surface area contributed by atoms with Crippen LogP contribution >= 0.6 is 0 Å². The first kappa shape index (κ1) is 22.1. The van der Waals surface area contributed by atoms with Gasteiger partial charge in [0.1, 0.15) is 12.4 Å². The summed E-state index contributed by atoms with van der Waals surface area (Å²) in [6, 6.07) is 7.30. The molecule has 0 spiro atoms. The molecule has 11 heteroatoms. The molecule has 2 aromatic rings. The van der Waals surface area contributed by atoms with Crippen LogP contribution in [0.2, 0.25) is 0 Å². The first-order chi connectivity index (χ1) is 16.3. The molecular formula is C23H21F3N7O+. The number of aromatic nitrogens is 3. The number of nitrogens with zero attached hydrogens (tertiary/aromatic N) is 6. The number of aryl methyl sites for hydroxylation is 1. The van der Waals surface area contributed by atoms with Gasteiger partial charge in [-0.05, 0) is 18.4 Å². The number of carbonyl (C=O) groups excluding carboxylic acids is 1. The van der Waals surface area contributed by atoms with Crippen LogP contribution in [0.5, 0.6) is 0 Å². The predicted octanol–water partition coefficient (Wildman–Crippen LogP) is 2.98. The van der Waals surface area contributed by atoms with Crippen LogP contribution in [0.1, 0.15) is 36.7 Å². The number of amides is 1. The normalized spacial score (nSPS) is 19.0. The van der Waals surface area contributed by atoms with Gasteiger partial charge < -0.3 is 5.32 Å². The van der Waals surface area contributed by atoms with Crippen LogP contribution in [0.3, 0.4) is 0 Å². The van der Waals surface area contributed by atoms with Crippen LogP contribution in [0.15, 0.2) is 45.6 Å². The Hall–Kier alpha value is -3.76. The molecule has 8 nitrogen and oxygen atoms in total. The van der Waals surface area contributed by atoms with Gasteiger partial charge in [-0.15, -0.1) is 5.10 Å². The molecule has 1 aromatic heterocycles. The molecular weight excluding hydrogens is 447 g/mol. The molecule has 0 bridgehead atoms. The highest BCUT2D eigenvalue weighted by Crippen LogP contribution is 2.36. The molecule has 5 rings (SSSR count). The maximum Gasteiger partial charge on any atom is 0.438 e. The maximum atomic E-state index is 13.0. The number of halogens is 3. The van der Waals surface area contributed by atoms with E-state index in [4.69, 9.17) is 0 Å². The molecule has 0 fully saturated rings. The van der Waals surface area contributed by atoms with Crippen molar-refractivity contribution in [3.63, 3.8) is 0 Å².